The highest BCUT2D eigenvalue weighted by Gasteiger charge is 2.26. The minimum Gasteiger partial charge on any atom is -0.464 e. The molecule has 1 aromatic rings. The van der Waals surface area contributed by atoms with Crippen molar-refractivity contribution in [2.45, 2.75) is 4.21 Å². The number of hydrogen-bond donors (Lipinski definition) is 1. The summed E-state index contributed by atoms with van der Waals surface area (Å²) in [5.74, 6) is -1.26. The van der Waals surface area contributed by atoms with Crippen LogP contribution in [0.25, 0.3) is 0 Å². The molecule has 0 atom stereocenters. The van der Waals surface area contributed by atoms with E-state index < -0.39 is 28.4 Å². The van der Waals surface area contributed by atoms with Crippen LogP contribution in [0.3, 0.4) is 0 Å². The van der Waals surface area contributed by atoms with Crippen molar-refractivity contribution in [3.8, 4) is 0 Å². The molecule has 0 radical (unpaired) electrons. The van der Waals surface area contributed by atoms with Crippen molar-refractivity contribution < 1.29 is 22.7 Å². The van der Waals surface area contributed by atoms with Crippen molar-refractivity contribution in [2.75, 3.05) is 27.7 Å². The number of likely N-dealkylation sites (N-methyl/N-ethyl adjacent to an activating group) is 1. The Morgan fingerprint density at radius 2 is 2.11 bits per heavy atom. The predicted molar refractivity (Wildman–Crippen MR) is 67.3 cm³/mol. The van der Waals surface area contributed by atoms with Gasteiger partial charge in [0.1, 0.15) is 0 Å². The first kappa shape index (κ1) is 15.5. The summed E-state index contributed by atoms with van der Waals surface area (Å²) in [5, 5.41) is 0. The highest BCUT2D eigenvalue weighted by Crippen LogP contribution is 2.20. The van der Waals surface area contributed by atoms with E-state index in [0.717, 1.165) is 18.4 Å². The number of rotatable bonds is 5. The summed E-state index contributed by atoms with van der Waals surface area (Å²) in [4.78, 5) is 27.6. The van der Waals surface area contributed by atoms with E-state index in [1.165, 1.54) is 24.5 Å². The minimum absolute atomic E-state index is 0.272. The maximum Gasteiger partial charge on any atom is 0.358 e. The number of carbonyl (C=O) groups is 2. The fourth-order valence-electron chi connectivity index (χ4n) is 1.04. The summed E-state index contributed by atoms with van der Waals surface area (Å²) in [6.07, 6.45) is 0. The van der Waals surface area contributed by atoms with Crippen LogP contribution in [-0.4, -0.2) is 57.9 Å². The summed E-state index contributed by atoms with van der Waals surface area (Å²) in [6, 6.07) is 0. The Balaban J connectivity index is 2.93. The molecule has 0 aliphatic rings. The van der Waals surface area contributed by atoms with Gasteiger partial charge < -0.3 is 9.64 Å². The molecule has 1 aromatic heterocycles. The van der Waals surface area contributed by atoms with Gasteiger partial charge in [0.2, 0.25) is 5.91 Å². The summed E-state index contributed by atoms with van der Waals surface area (Å²) < 4.78 is 30.1. The van der Waals surface area contributed by atoms with Gasteiger partial charge in [-0.1, -0.05) is 0 Å². The normalized spacial score (nSPS) is 11.1. The summed E-state index contributed by atoms with van der Waals surface area (Å²) in [6.45, 7) is -0.395. The number of nitrogens with zero attached hydrogens (tertiary/aromatic N) is 2. The average Bonchev–Trinajstić information content (AvgIpc) is 2.84. The lowest BCUT2D eigenvalue weighted by molar-refractivity contribution is -0.127. The molecule has 0 bridgehead atoms. The number of aromatic nitrogens is 1. The van der Waals surface area contributed by atoms with E-state index in [0.29, 0.717) is 0 Å². The molecule has 0 aromatic carbocycles. The van der Waals surface area contributed by atoms with Gasteiger partial charge >= 0.3 is 5.97 Å². The molecule has 1 rings (SSSR count). The number of hydrogen-bond acceptors (Lipinski definition) is 7. The Kier molecular flexibility index (Phi) is 4.97. The molecule has 0 saturated carbocycles. The first-order valence-electron chi connectivity index (χ1n) is 5.01. The molecule has 8 nitrogen and oxygen atoms in total. The lowest BCUT2D eigenvalue weighted by atomic mass is 10.5. The molecule has 106 valence electrons. The smallest absolute Gasteiger partial charge is 0.358 e. The zero-order valence-electron chi connectivity index (χ0n) is 10.5. The number of sulfonamides is 1. The lowest BCUT2D eigenvalue weighted by Crippen LogP contribution is -2.36. The molecule has 0 unspecified atom stereocenters. The number of thiazole rings is 1. The number of amides is 1. The number of carbonyl (C=O) groups excluding carboxylic acids is 2. The fraction of sp³-hybridized carbons (Fsp3) is 0.444. The molecule has 10 heteroatoms. The second-order valence-electron chi connectivity index (χ2n) is 3.59. The molecule has 0 aliphatic carbocycles. The first-order chi connectivity index (χ1) is 8.79. The van der Waals surface area contributed by atoms with Gasteiger partial charge in [-0.15, -0.1) is 11.3 Å². The zero-order chi connectivity index (χ0) is 14.6. The van der Waals surface area contributed by atoms with Crippen LogP contribution in [0.5, 0.6) is 0 Å². The largest absolute Gasteiger partial charge is 0.464 e. The number of esters is 1. The van der Waals surface area contributed by atoms with Gasteiger partial charge in [-0.3, -0.25) is 4.79 Å². The van der Waals surface area contributed by atoms with Gasteiger partial charge in [0, 0.05) is 14.1 Å². The standard InChI is InChI=1S/C9H13N3O5S2/c1-12(2)6(13)4-11-19(15,16)9-7(8(14)17-3)10-5-18-9/h5,11H,4H2,1-3H3. The lowest BCUT2D eigenvalue weighted by Gasteiger charge is -2.10. The Hall–Kier alpha value is -1.52. The van der Waals surface area contributed by atoms with E-state index in [2.05, 4.69) is 14.4 Å². The van der Waals surface area contributed by atoms with Crippen LogP contribution in [0.2, 0.25) is 0 Å². The van der Waals surface area contributed by atoms with Crippen LogP contribution >= 0.6 is 11.3 Å². The second kappa shape index (κ2) is 6.08. The Bertz CT molecular complexity index is 578. The maximum absolute atomic E-state index is 11.9. The van der Waals surface area contributed by atoms with Crippen LogP contribution < -0.4 is 4.72 Å². The van der Waals surface area contributed by atoms with E-state index in [1.54, 1.807) is 0 Å². The third-order valence-electron chi connectivity index (χ3n) is 2.07. The molecule has 0 fully saturated rings. The van der Waals surface area contributed by atoms with Crippen LogP contribution in [-0.2, 0) is 19.6 Å². The predicted octanol–water partition coefficient (Wildman–Crippen LogP) is -0.704. The zero-order valence-corrected chi connectivity index (χ0v) is 12.2. The van der Waals surface area contributed by atoms with Gasteiger partial charge in [-0.25, -0.2) is 22.9 Å². The van der Waals surface area contributed by atoms with Gasteiger partial charge in [-0.2, -0.15) is 0 Å². The molecule has 19 heavy (non-hydrogen) atoms. The van der Waals surface area contributed by atoms with Crippen LogP contribution in [0.4, 0.5) is 0 Å². The number of ether oxygens (including phenoxy) is 1. The van der Waals surface area contributed by atoms with Crippen molar-refractivity contribution in [2.24, 2.45) is 0 Å². The summed E-state index contributed by atoms with van der Waals surface area (Å²) in [7, 11) is 0.159. The van der Waals surface area contributed by atoms with Crippen LogP contribution in [0.15, 0.2) is 9.72 Å². The highest BCUT2D eigenvalue weighted by molar-refractivity contribution is 7.91. The molecule has 0 spiro atoms. The summed E-state index contributed by atoms with van der Waals surface area (Å²) in [5.41, 5.74) is 0.923. The van der Waals surface area contributed by atoms with Crippen LogP contribution in [0, 0.1) is 0 Å². The number of nitrogens with one attached hydrogen (secondary N) is 1. The molecular weight excluding hydrogens is 294 g/mol. The quantitative estimate of drug-likeness (QED) is 0.721. The van der Waals surface area contributed by atoms with Crippen molar-refractivity contribution in [1.82, 2.24) is 14.6 Å². The third kappa shape index (κ3) is 3.72. The second-order valence-corrected chi connectivity index (χ2v) is 6.41. The highest BCUT2D eigenvalue weighted by atomic mass is 32.2. The van der Waals surface area contributed by atoms with Crippen molar-refractivity contribution in [3.63, 3.8) is 0 Å². The Morgan fingerprint density at radius 3 is 2.63 bits per heavy atom. The van der Waals surface area contributed by atoms with E-state index in [-0.39, 0.29) is 9.90 Å². The van der Waals surface area contributed by atoms with Gasteiger partial charge in [0.25, 0.3) is 10.0 Å². The topological polar surface area (TPSA) is 106 Å². The Morgan fingerprint density at radius 1 is 1.47 bits per heavy atom. The first-order valence-corrected chi connectivity index (χ1v) is 7.37. The molecule has 1 heterocycles. The van der Waals surface area contributed by atoms with Crippen LogP contribution in [0.1, 0.15) is 10.5 Å². The number of methoxy groups -OCH3 is 1. The van der Waals surface area contributed by atoms with Gasteiger partial charge in [0.15, 0.2) is 9.90 Å². The minimum atomic E-state index is -3.97. The molecular formula is C9H13N3O5S2. The molecule has 0 aliphatic heterocycles. The molecule has 1 amide bonds. The van der Waals surface area contributed by atoms with E-state index in [4.69, 9.17) is 0 Å². The summed E-state index contributed by atoms with van der Waals surface area (Å²) >= 11 is 0.773. The van der Waals surface area contributed by atoms with Gasteiger partial charge in [-0.05, 0) is 0 Å². The fourth-order valence-corrected chi connectivity index (χ4v) is 3.19. The van der Waals surface area contributed by atoms with Crippen molar-refractivity contribution in [3.05, 3.63) is 11.2 Å². The monoisotopic (exact) mass is 307 g/mol. The average molecular weight is 307 g/mol. The molecule has 1 N–H and O–H groups in total. The van der Waals surface area contributed by atoms with E-state index in [1.807, 2.05) is 0 Å². The Labute approximate surface area is 114 Å². The molecule has 0 saturated heterocycles. The third-order valence-corrected chi connectivity index (χ3v) is 4.84. The maximum atomic E-state index is 11.9. The van der Waals surface area contributed by atoms with Crippen molar-refractivity contribution >= 4 is 33.2 Å². The van der Waals surface area contributed by atoms with Crippen molar-refractivity contribution in [1.29, 1.82) is 0 Å². The van der Waals surface area contributed by atoms with Gasteiger partial charge in [0.05, 0.1) is 19.2 Å². The SMILES string of the molecule is COC(=O)c1ncsc1S(=O)(=O)NCC(=O)N(C)C. The van der Waals surface area contributed by atoms with E-state index >= 15 is 0 Å². The van der Waals surface area contributed by atoms with E-state index in [9.17, 15) is 18.0 Å².